The van der Waals surface area contributed by atoms with Crippen LogP contribution in [-0.4, -0.2) is 40.4 Å². The first kappa shape index (κ1) is 22.3. The number of cyclic esters (lactones) is 2. The monoisotopic (exact) mass is 369 g/mol. The van der Waals surface area contributed by atoms with Crippen LogP contribution in [0.4, 0.5) is 0 Å². The molecule has 0 aliphatic carbocycles. The maximum atomic E-state index is 12.0. The molecule has 3 unspecified atom stereocenters. The van der Waals surface area contributed by atoms with E-state index >= 15 is 0 Å². The number of esters is 2. The van der Waals surface area contributed by atoms with Gasteiger partial charge >= 0.3 is 17.9 Å². The summed E-state index contributed by atoms with van der Waals surface area (Å²) in [5, 5.41) is 26.3. The number of hydrogen-bond acceptors (Lipinski definition) is 7. The molecule has 7 nitrogen and oxygen atoms in total. The number of hydrogen-bond donors (Lipinski definition) is 3. The van der Waals surface area contributed by atoms with E-state index in [4.69, 9.17) is 10.1 Å². The second-order valence-corrected chi connectivity index (χ2v) is 6.64. The molecule has 1 saturated heterocycles. The summed E-state index contributed by atoms with van der Waals surface area (Å²) in [5.41, 5.74) is 0. The zero-order chi connectivity index (χ0) is 19.4. The second kappa shape index (κ2) is 11.8. The number of nitrogens with one attached hydrogen (secondary N) is 1. The van der Waals surface area contributed by atoms with Gasteiger partial charge in [0.15, 0.2) is 6.10 Å². The van der Waals surface area contributed by atoms with Crippen LogP contribution in [0.15, 0.2) is 12.2 Å². The van der Waals surface area contributed by atoms with Gasteiger partial charge < -0.3 is 25.1 Å². The molecule has 0 bridgehead atoms. The number of ether oxygens (including phenoxy) is 2. The number of allylic oxidation sites excluding steroid dienone is 1. The molecule has 1 fully saturated rings. The highest BCUT2D eigenvalue weighted by atomic mass is 16.9. The molecule has 0 spiro atoms. The first-order valence-electron chi connectivity index (χ1n) is 9.45. The number of carbonyl (C=O) groups excluding carboxylic acids is 2. The molecule has 0 radical (unpaired) electrons. The third-order valence-corrected chi connectivity index (χ3v) is 4.32. The zero-order valence-electron chi connectivity index (χ0n) is 15.5. The fourth-order valence-electron chi connectivity index (χ4n) is 2.74. The molecule has 0 amide bonds. The van der Waals surface area contributed by atoms with Gasteiger partial charge in [-0.15, -0.1) is 0 Å². The molecular formula is C19H31NO6. The van der Waals surface area contributed by atoms with E-state index in [0.29, 0.717) is 6.21 Å². The third-order valence-electron chi connectivity index (χ3n) is 4.32. The van der Waals surface area contributed by atoms with Crippen LogP contribution in [0.3, 0.4) is 0 Å². The molecule has 26 heavy (non-hydrogen) atoms. The van der Waals surface area contributed by atoms with Crippen molar-refractivity contribution in [3.8, 4) is 0 Å². The Morgan fingerprint density at radius 3 is 2.38 bits per heavy atom. The smallest absolute Gasteiger partial charge is 0.396 e. The van der Waals surface area contributed by atoms with Crippen molar-refractivity contribution in [2.24, 2.45) is 5.92 Å². The Morgan fingerprint density at radius 2 is 1.77 bits per heavy atom. The molecule has 1 aliphatic rings. The van der Waals surface area contributed by atoms with E-state index in [1.807, 2.05) is 6.08 Å². The van der Waals surface area contributed by atoms with Crippen molar-refractivity contribution in [2.75, 3.05) is 0 Å². The molecule has 1 rings (SSSR count). The summed E-state index contributed by atoms with van der Waals surface area (Å²) in [7, 11) is 0. The van der Waals surface area contributed by atoms with E-state index in [2.05, 4.69) is 11.7 Å². The fraction of sp³-hybridized carbons (Fsp3) is 0.737. The van der Waals surface area contributed by atoms with Crippen LogP contribution in [-0.2, 0) is 19.1 Å². The van der Waals surface area contributed by atoms with Gasteiger partial charge in [-0.2, -0.15) is 0 Å². The number of carbonyl (C=O) groups is 2. The van der Waals surface area contributed by atoms with E-state index in [1.54, 1.807) is 6.08 Å². The minimum Gasteiger partial charge on any atom is -0.396 e. The predicted octanol–water partition coefficient (Wildman–Crippen LogP) is 2.84. The standard InChI is InChI=1S/C19H31NO6/c1-2-3-4-5-6-7-8-9-10-11-12-15-13-17(22)25-19(24,16(21)14-20)26-18(15)23/h11-12,14-16,20-21,24H,2-10,13H2,1H3/b12-11+,20-14?. The zero-order valence-corrected chi connectivity index (χ0v) is 15.5. The van der Waals surface area contributed by atoms with Crippen LogP contribution >= 0.6 is 0 Å². The van der Waals surface area contributed by atoms with Crippen molar-refractivity contribution in [1.82, 2.24) is 0 Å². The molecule has 7 heteroatoms. The summed E-state index contributed by atoms with van der Waals surface area (Å²) < 4.78 is 9.29. The van der Waals surface area contributed by atoms with Gasteiger partial charge in [-0.3, -0.25) is 9.59 Å². The summed E-state index contributed by atoms with van der Waals surface area (Å²) >= 11 is 0. The van der Waals surface area contributed by atoms with E-state index < -0.39 is 29.9 Å². The van der Waals surface area contributed by atoms with Gasteiger partial charge in [0, 0.05) is 6.21 Å². The van der Waals surface area contributed by atoms with Gasteiger partial charge in [0.2, 0.25) is 0 Å². The van der Waals surface area contributed by atoms with E-state index in [0.717, 1.165) is 19.3 Å². The van der Waals surface area contributed by atoms with Crippen molar-refractivity contribution in [2.45, 2.75) is 83.2 Å². The van der Waals surface area contributed by atoms with Gasteiger partial charge in [0.05, 0.1) is 12.3 Å². The van der Waals surface area contributed by atoms with Crippen molar-refractivity contribution in [3.05, 3.63) is 12.2 Å². The molecule has 1 heterocycles. The predicted molar refractivity (Wildman–Crippen MR) is 96.4 cm³/mol. The van der Waals surface area contributed by atoms with Gasteiger partial charge in [-0.1, -0.05) is 64.0 Å². The van der Waals surface area contributed by atoms with Crippen LogP contribution < -0.4 is 0 Å². The lowest BCUT2D eigenvalue weighted by molar-refractivity contribution is -0.344. The minimum absolute atomic E-state index is 0.278. The number of rotatable bonds is 12. The summed E-state index contributed by atoms with van der Waals surface area (Å²) in [6.45, 7) is 2.20. The Kier molecular flexibility index (Phi) is 10.1. The normalized spacial score (nSPS) is 24.8. The second-order valence-electron chi connectivity index (χ2n) is 6.64. The van der Waals surface area contributed by atoms with Crippen LogP contribution in [0.1, 0.15) is 71.1 Å². The van der Waals surface area contributed by atoms with Crippen LogP contribution in [0, 0.1) is 11.3 Å². The molecule has 0 aromatic rings. The first-order chi connectivity index (χ1) is 12.4. The van der Waals surface area contributed by atoms with Crippen molar-refractivity contribution < 1.29 is 29.3 Å². The summed E-state index contributed by atoms with van der Waals surface area (Å²) in [5.74, 6) is -5.45. The van der Waals surface area contributed by atoms with Crippen LogP contribution in [0.2, 0.25) is 0 Å². The van der Waals surface area contributed by atoms with Gasteiger partial charge in [-0.25, -0.2) is 0 Å². The van der Waals surface area contributed by atoms with Crippen LogP contribution in [0.25, 0.3) is 0 Å². The molecule has 3 atom stereocenters. The molecule has 0 aromatic carbocycles. The highest BCUT2D eigenvalue weighted by molar-refractivity contribution is 5.84. The third kappa shape index (κ3) is 7.66. The van der Waals surface area contributed by atoms with Crippen molar-refractivity contribution in [1.29, 1.82) is 5.41 Å². The molecule has 3 N–H and O–H groups in total. The van der Waals surface area contributed by atoms with Crippen molar-refractivity contribution in [3.63, 3.8) is 0 Å². The largest absolute Gasteiger partial charge is 0.406 e. The maximum absolute atomic E-state index is 12.0. The SMILES string of the molecule is CCCCCCCCCC/C=C/C1CC(=O)OC(O)(C(O)C=N)OC1=O. The number of aliphatic hydroxyl groups is 2. The van der Waals surface area contributed by atoms with Crippen molar-refractivity contribution >= 4 is 18.2 Å². The average molecular weight is 369 g/mol. The fourth-order valence-corrected chi connectivity index (χ4v) is 2.74. The van der Waals surface area contributed by atoms with E-state index in [1.165, 1.54) is 38.5 Å². The number of aliphatic hydroxyl groups excluding tert-OH is 1. The summed E-state index contributed by atoms with van der Waals surface area (Å²) in [4.78, 5) is 23.8. The molecular weight excluding hydrogens is 338 g/mol. The highest BCUT2D eigenvalue weighted by Crippen LogP contribution is 2.25. The Labute approximate surface area is 154 Å². The summed E-state index contributed by atoms with van der Waals surface area (Å²) in [6, 6.07) is 0. The Hall–Kier alpha value is -1.73. The molecule has 0 saturated carbocycles. The lowest BCUT2D eigenvalue weighted by atomic mass is 10.0. The van der Waals surface area contributed by atoms with Crippen LogP contribution in [0.5, 0.6) is 0 Å². The lowest BCUT2D eigenvalue weighted by Crippen LogP contribution is -2.49. The number of unbranched alkanes of at least 4 members (excludes halogenated alkanes) is 8. The Balaban J connectivity index is 2.35. The molecule has 1 aliphatic heterocycles. The first-order valence-corrected chi connectivity index (χ1v) is 9.45. The minimum atomic E-state index is -2.84. The summed E-state index contributed by atoms with van der Waals surface area (Å²) in [6.07, 6.45) is 12.1. The van der Waals surface area contributed by atoms with E-state index in [9.17, 15) is 19.8 Å². The van der Waals surface area contributed by atoms with Gasteiger partial charge in [-0.05, 0) is 12.8 Å². The Morgan fingerprint density at radius 1 is 1.15 bits per heavy atom. The average Bonchev–Trinajstić information content (AvgIpc) is 2.71. The highest BCUT2D eigenvalue weighted by Gasteiger charge is 2.47. The van der Waals surface area contributed by atoms with E-state index in [-0.39, 0.29) is 6.42 Å². The lowest BCUT2D eigenvalue weighted by Gasteiger charge is -2.26. The Bertz CT molecular complexity index is 492. The molecule has 0 aromatic heterocycles. The molecule has 148 valence electrons. The van der Waals surface area contributed by atoms with Gasteiger partial charge in [0.1, 0.15) is 0 Å². The van der Waals surface area contributed by atoms with Gasteiger partial charge in [0.25, 0.3) is 0 Å². The maximum Gasteiger partial charge on any atom is 0.406 e. The topological polar surface area (TPSA) is 117 Å². The quantitative estimate of drug-likeness (QED) is 0.211.